The molecule has 0 aliphatic carbocycles. The van der Waals surface area contributed by atoms with Crippen LogP contribution < -0.4 is 0 Å². The van der Waals surface area contributed by atoms with Crippen molar-refractivity contribution in [3.63, 3.8) is 0 Å². The van der Waals surface area contributed by atoms with Crippen LogP contribution in [0.2, 0.25) is 5.02 Å². The minimum Gasteiger partial charge on any atom is -0.306 e. The molecular formula is C12H15ClN4. The Morgan fingerprint density at radius 2 is 2.35 bits per heavy atom. The number of pyridine rings is 1. The summed E-state index contributed by atoms with van der Waals surface area (Å²) >= 11 is 5.95. The molecule has 0 radical (unpaired) electrons. The fourth-order valence-electron chi connectivity index (χ4n) is 2.42. The average molecular weight is 251 g/mol. The molecule has 1 unspecified atom stereocenters. The van der Waals surface area contributed by atoms with Crippen LogP contribution in [-0.2, 0) is 0 Å². The Kier molecular flexibility index (Phi) is 2.76. The molecule has 0 amide bonds. The lowest BCUT2D eigenvalue weighted by atomic mass is 9.98. The zero-order chi connectivity index (χ0) is 11.8. The molecule has 3 rings (SSSR count). The van der Waals surface area contributed by atoms with E-state index in [0.29, 0.717) is 10.9 Å². The fraction of sp³-hybridized carbons (Fsp3) is 0.500. The zero-order valence-corrected chi connectivity index (χ0v) is 10.6. The summed E-state index contributed by atoms with van der Waals surface area (Å²) < 4.78 is 1.80. The van der Waals surface area contributed by atoms with Crippen LogP contribution in [-0.4, -0.2) is 39.6 Å². The lowest BCUT2D eigenvalue weighted by Gasteiger charge is -2.27. The first kappa shape index (κ1) is 11.0. The number of halogens is 1. The molecule has 3 heterocycles. The van der Waals surface area contributed by atoms with E-state index in [0.717, 1.165) is 18.0 Å². The Balaban J connectivity index is 1.94. The number of aromatic nitrogens is 3. The highest BCUT2D eigenvalue weighted by molar-refractivity contribution is 6.30. The number of likely N-dealkylation sites (tertiary alicyclic amines) is 1. The van der Waals surface area contributed by atoms with Crippen molar-refractivity contribution >= 4 is 17.2 Å². The van der Waals surface area contributed by atoms with Gasteiger partial charge in [-0.25, -0.2) is 9.50 Å². The summed E-state index contributed by atoms with van der Waals surface area (Å²) in [4.78, 5) is 6.91. The van der Waals surface area contributed by atoms with Crippen LogP contribution in [0.4, 0.5) is 0 Å². The Bertz CT molecular complexity index is 536. The number of nitrogens with zero attached hydrogens (tertiary/aromatic N) is 4. The summed E-state index contributed by atoms with van der Waals surface area (Å²) in [6.07, 6.45) is 4.26. The molecule has 0 bridgehead atoms. The normalized spacial score (nSPS) is 22.1. The SMILES string of the molecule is CN1CCCC(c2nc3cc(Cl)ccn3n2)C1. The van der Waals surface area contributed by atoms with E-state index in [1.165, 1.54) is 19.4 Å². The van der Waals surface area contributed by atoms with Gasteiger partial charge in [-0.1, -0.05) is 11.6 Å². The average Bonchev–Trinajstić information content (AvgIpc) is 2.72. The quantitative estimate of drug-likeness (QED) is 0.778. The van der Waals surface area contributed by atoms with E-state index >= 15 is 0 Å². The monoisotopic (exact) mass is 250 g/mol. The number of hydrogen-bond donors (Lipinski definition) is 0. The highest BCUT2D eigenvalue weighted by atomic mass is 35.5. The van der Waals surface area contributed by atoms with Gasteiger partial charge in [-0.3, -0.25) is 0 Å². The van der Waals surface area contributed by atoms with Gasteiger partial charge in [0, 0.05) is 29.7 Å². The molecular weight excluding hydrogens is 236 g/mol. The van der Waals surface area contributed by atoms with Gasteiger partial charge in [-0.2, -0.15) is 5.10 Å². The van der Waals surface area contributed by atoms with Crippen molar-refractivity contribution in [2.24, 2.45) is 0 Å². The number of rotatable bonds is 1. The van der Waals surface area contributed by atoms with Crippen molar-refractivity contribution in [1.82, 2.24) is 19.5 Å². The zero-order valence-electron chi connectivity index (χ0n) is 9.80. The molecule has 1 atom stereocenters. The van der Waals surface area contributed by atoms with E-state index < -0.39 is 0 Å². The smallest absolute Gasteiger partial charge is 0.157 e. The minimum atomic E-state index is 0.451. The van der Waals surface area contributed by atoms with Gasteiger partial charge in [0.1, 0.15) is 0 Å². The largest absolute Gasteiger partial charge is 0.306 e. The van der Waals surface area contributed by atoms with Crippen LogP contribution in [0, 0.1) is 0 Å². The molecule has 4 nitrogen and oxygen atoms in total. The lowest BCUT2D eigenvalue weighted by molar-refractivity contribution is 0.246. The van der Waals surface area contributed by atoms with Crippen molar-refractivity contribution in [2.75, 3.05) is 20.1 Å². The first-order valence-corrected chi connectivity index (χ1v) is 6.30. The first-order chi connectivity index (χ1) is 8.22. The molecule has 0 aromatic carbocycles. The highest BCUT2D eigenvalue weighted by Crippen LogP contribution is 2.24. The van der Waals surface area contributed by atoms with Crippen molar-refractivity contribution < 1.29 is 0 Å². The van der Waals surface area contributed by atoms with Gasteiger partial charge in [-0.15, -0.1) is 0 Å². The number of fused-ring (bicyclic) bond motifs is 1. The molecule has 90 valence electrons. The second-order valence-corrected chi connectivity index (χ2v) is 5.16. The summed E-state index contributed by atoms with van der Waals surface area (Å²) in [5, 5.41) is 5.24. The van der Waals surface area contributed by atoms with E-state index in [2.05, 4.69) is 22.0 Å². The summed E-state index contributed by atoms with van der Waals surface area (Å²) in [5.41, 5.74) is 0.834. The Hall–Kier alpha value is -1.13. The Morgan fingerprint density at radius 1 is 1.47 bits per heavy atom. The third-order valence-electron chi connectivity index (χ3n) is 3.31. The molecule has 1 aliphatic rings. The molecule has 0 saturated carbocycles. The maximum absolute atomic E-state index is 5.95. The van der Waals surface area contributed by atoms with Crippen molar-refractivity contribution in [3.05, 3.63) is 29.2 Å². The van der Waals surface area contributed by atoms with E-state index in [1.54, 1.807) is 4.52 Å². The topological polar surface area (TPSA) is 33.4 Å². The summed E-state index contributed by atoms with van der Waals surface area (Å²) in [7, 11) is 2.15. The van der Waals surface area contributed by atoms with E-state index in [9.17, 15) is 0 Å². The van der Waals surface area contributed by atoms with Gasteiger partial charge in [0.2, 0.25) is 0 Å². The third-order valence-corrected chi connectivity index (χ3v) is 3.54. The van der Waals surface area contributed by atoms with Crippen LogP contribution in [0.3, 0.4) is 0 Å². The van der Waals surface area contributed by atoms with Crippen molar-refractivity contribution in [3.8, 4) is 0 Å². The molecule has 1 aliphatic heterocycles. The van der Waals surface area contributed by atoms with Gasteiger partial charge in [0.05, 0.1) is 0 Å². The van der Waals surface area contributed by atoms with Gasteiger partial charge >= 0.3 is 0 Å². The number of piperidine rings is 1. The molecule has 5 heteroatoms. The molecule has 17 heavy (non-hydrogen) atoms. The first-order valence-electron chi connectivity index (χ1n) is 5.93. The fourth-order valence-corrected chi connectivity index (χ4v) is 2.58. The summed E-state index contributed by atoms with van der Waals surface area (Å²) in [5.74, 6) is 1.39. The van der Waals surface area contributed by atoms with E-state index in [-0.39, 0.29) is 0 Å². The summed E-state index contributed by atoms with van der Waals surface area (Å²) in [6.45, 7) is 2.22. The molecule has 0 N–H and O–H groups in total. The standard InChI is InChI=1S/C12H15ClN4/c1-16-5-2-3-9(8-16)12-14-11-7-10(13)4-6-17(11)15-12/h4,6-7,9H,2-3,5,8H2,1H3. The van der Waals surface area contributed by atoms with E-state index in [1.807, 2.05) is 18.3 Å². The maximum atomic E-state index is 5.95. The van der Waals surface area contributed by atoms with Crippen LogP contribution in [0.25, 0.3) is 5.65 Å². The second-order valence-electron chi connectivity index (χ2n) is 4.72. The predicted octanol–water partition coefficient (Wildman–Crippen LogP) is 2.19. The second kappa shape index (κ2) is 4.27. The molecule has 2 aromatic heterocycles. The number of likely N-dealkylation sites (N-methyl/N-ethyl adjacent to an activating group) is 1. The van der Waals surface area contributed by atoms with Crippen LogP contribution in [0.1, 0.15) is 24.6 Å². The number of hydrogen-bond acceptors (Lipinski definition) is 3. The van der Waals surface area contributed by atoms with Gasteiger partial charge in [0.15, 0.2) is 11.5 Å². The van der Waals surface area contributed by atoms with Crippen LogP contribution in [0.15, 0.2) is 18.3 Å². The lowest BCUT2D eigenvalue weighted by Crippen LogP contribution is -2.31. The van der Waals surface area contributed by atoms with Crippen molar-refractivity contribution in [1.29, 1.82) is 0 Å². The van der Waals surface area contributed by atoms with Crippen LogP contribution in [0.5, 0.6) is 0 Å². The van der Waals surface area contributed by atoms with Crippen LogP contribution >= 0.6 is 11.6 Å². The minimum absolute atomic E-state index is 0.451. The third kappa shape index (κ3) is 2.15. The van der Waals surface area contributed by atoms with Gasteiger partial charge in [-0.05, 0) is 32.5 Å². The highest BCUT2D eigenvalue weighted by Gasteiger charge is 2.22. The van der Waals surface area contributed by atoms with Crippen molar-refractivity contribution in [2.45, 2.75) is 18.8 Å². The molecule has 2 aromatic rings. The van der Waals surface area contributed by atoms with Gasteiger partial charge in [0.25, 0.3) is 0 Å². The molecule has 1 fully saturated rings. The van der Waals surface area contributed by atoms with E-state index in [4.69, 9.17) is 11.6 Å². The van der Waals surface area contributed by atoms with Gasteiger partial charge < -0.3 is 4.90 Å². The molecule has 1 saturated heterocycles. The Labute approximate surface area is 105 Å². The summed E-state index contributed by atoms with van der Waals surface area (Å²) in [6, 6.07) is 3.69. The maximum Gasteiger partial charge on any atom is 0.157 e. The predicted molar refractivity (Wildman–Crippen MR) is 67.5 cm³/mol. The Morgan fingerprint density at radius 3 is 3.18 bits per heavy atom. The molecule has 0 spiro atoms.